The van der Waals surface area contributed by atoms with Crippen molar-refractivity contribution in [1.82, 2.24) is 24.9 Å². The molecule has 0 fully saturated rings. The van der Waals surface area contributed by atoms with E-state index in [9.17, 15) is 0 Å². The topological polar surface area (TPSA) is 47.7 Å². The van der Waals surface area contributed by atoms with E-state index in [1.807, 2.05) is 22.6 Å². The van der Waals surface area contributed by atoms with Crippen LogP contribution in [0.4, 0.5) is 0 Å². The Morgan fingerprint density at radius 2 is 2.14 bits per heavy atom. The SMILES string of the molecule is CCc1nn(C)c(Cn2cc(CNCC(C)C)cn2)c1Br. The van der Waals surface area contributed by atoms with E-state index in [1.165, 1.54) is 5.56 Å². The highest BCUT2D eigenvalue weighted by atomic mass is 79.9. The molecule has 0 aliphatic carbocycles. The van der Waals surface area contributed by atoms with Gasteiger partial charge < -0.3 is 5.32 Å². The Balaban J connectivity index is 2.01. The number of halogens is 1. The highest BCUT2D eigenvalue weighted by Gasteiger charge is 2.13. The molecule has 0 aliphatic rings. The summed E-state index contributed by atoms with van der Waals surface area (Å²) in [5, 5.41) is 12.4. The van der Waals surface area contributed by atoms with Crippen LogP contribution in [0.5, 0.6) is 0 Å². The van der Waals surface area contributed by atoms with E-state index >= 15 is 0 Å². The van der Waals surface area contributed by atoms with Gasteiger partial charge in [0, 0.05) is 25.4 Å². The summed E-state index contributed by atoms with van der Waals surface area (Å²) in [7, 11) is 1.98. The summed E-state index contributed by atoms with van der Waals surface area (Å²) in [6.45, 7) is 9.16. The Kier molecular flexibility index (Phi) is 5.58. The Morgan fingerprint density at radius 1 is 1.38 bits per heavy atom. The van der Waals surface area contributed by atoms with Crippen molar-refractivity contribution in [2.45, 2.75) is 40.3 Å². The van der Waals surface area contributed by atoms with Gasteiger partial charge in [0.2, 0.25) is 0 Å². The molecule has 2 heterocycles. The smallest absolute Gasteiger partial charge is 0.0839 e. The number of nitrogens with zero attached hydrogens (tertiary/aromatic N) is 4. The van der Waals surface area contributed by atoms with Crippen LogP contribution in [-0.4, -0.2) is 26.1 Å². The Morgan fingerprint density at radius 3 is 2.76 bits per heavy atom. The van der Waals surface area contributed by atoms with Gasteiger partial charge in [0.15, 0.2) is 0 Å². The van der Waals surface area contributed by atoms with Gasteiger partial charge in [0.25, 0.3) is 0 Å². The van der Waals surface area contributed by atoms with Crippen molar-refractivity contribution < 1.29 is 0 Å². The van der Waals surface area contributed by atoms with Crippen molar-refractivity contribution in [2.24, 2.45) is 13.0 Å². The van der Waals surface area contributed by atoms with E-state index in [1.54, 1.807) is 0 Å². The van der Waals surface area contributed by atoms with Crippen molar-refractivity contribution in [1.29, 1.82) is 0 Å². The Hall–Kier alpha value is -1.14. The largest absolute Gasteiger partial charge is 0.312 e. The van der Waals surface area contributed by atoms with Crippen LogP contribution in [-0.2, 0) is 26.6 Å². The van der Waals surface area contributed by atoms with Gasteiger partial charge >= 0.3 is 0 Å². The lowest BCUT2D eigenvalue weighted by atomic mass is 10.2. The van der Waals surface area contributed by atoms with Crippen molar-refractivity contribution >= 4 is 15.9 Å². The zero-order valence-electron chi connectivity index (χ0n) is 13.2. The third-order valence-corrected chi connectivity index (χ3v) is 4.30. The number of aryl methyl sites for hydroxylation is 2. The van der Waals surface area contributed by atoms with Gasteiger partial charge in [0.1, 0.15) is 0 Å². The summed E-state index contributed by atoms with van der Waals surface area (Å²) < 4.78 is 5.00. The molecule has 0 atom stereocenters. The monoisotopic (exact) mass is 353 g/mol. The second kappa shape index (κ2) is 7.22. The maximum Gasteiger partial charge on any atom is 0.0839 e. The highest BCUT2D eigenvalue weighted by Crippen LogP contribution is 2.22. The fourth-order valence-corrected chi connectivity index (χ4v) is 2.98. The number of hydrogen-bond acceptors (Lipinski definition) is 3. The quantitative estimate of drug-likeness (QED) is 0.832. The van der Waals surface area contributed by atoms with Gasteiger partial charge in [0.05, 0.1) is 28.6 Å². The average molecular weight is 354 g/mol. The summed E-state index contributed by atoms with van der Waals surface area (Å²) in [5.41, 5.74) is 3.46. The van der Waals surface area contributed by atoms with Crippen LogP contribution in [0.15, 0.2) is 16.9 Å². The lowest BCUT2D eigenvalue weighted by molar-refractivity contribution is 0.552. The maximum absolute atomic E-state index is 4.52. The van der Waals surface area contributed by atoms with Crippen molar-refractivity contribution in [3.63, 3.8) is 0 Å². The standard InChI is InChI=1S/C15H24BrN5/c1-5-13-15(16)14(20(4)19-13)10-21-9-12(8-18-21)7-17-6-11(2)3/h8-9,11,17H,5-7,10H2,1-4H3. The minimum Gasteiger partial charge on any atom is -0.312 e. The van der Waals surface area contributed by atoms with Crippen LogP contribution in [0.3, 0.4) is 0 Å². The van der Waals surface area contributed by atoms with Crippen LogP contribution >= 0.6 is 15.9 Å². The van der Waals surface area contributed by atoms with Crippen molar-refractivity contribution in [3.8, 4) is 0 Å². The number of nitrogens with one attached hydrogen (secondary N) is 1. The summed E-state index contributed by atoms with van der Waals surface area (Å²) >= 11 is 3.65. The fourth-order valence-electron chi connectivity index (χ4n) is 2.23. The van der Waals surface area contributed by atoms with Crippen LogP contribution < -0.4 is 5.32 Å². The summed E-state index contributed by atoms with van der Waals surface area (Å²) in [6, 6.07) is 0. The van der Waals surface area contributed by atoms with Gasteiger partial charge in [-0.2, -0.15) is 10.2 Å². The lowest BCUT2D eigenvalue weighted by Gasteiger charge is -2.05. The first-order chi connectivity index (χ1) is 10.0. The minimum absolute atomic E-state index is 0.665. The van der Waals surface area contributed by atoms with Crippen LogP contribution in [0.2, 0.25) is 0 Å². The van der Waals surface area contributed by atoms with E-state index in [2.05, 4.69) is 58.4 Å². The third-order valence-electron chi connectivity index (χ3n) is 3.38. The van der Waals surface area contributed by atoms with Gasteiger partial charge in [-0.15, -0.1) is 0 Å². The molecule has 116 valence electrons. The van der Waals surface area contributed by atoms with Gasteiger partial charge in [-0.05, 0) is 34.8 Å². The molecule has 0 amide bonds. The molecule has 2 aromatic heterocycles. The molecule has 0 radical (unpaired) electrons. The van der Waals surface area contributed by atoms with Crippen molar-refractivity contribution in [3.05, 3.63) is 33.8 Å². The molecule has 21 heavy (non-hydrogen) atoms. The zero-order valence-corrected chi connectivity index (χ0v) is 14.8. The van der Waals surface area contributed by atoms with Crippen LogP contribution in [0.1, 0.15) is 37.7 Å². The summed E-state index contributed by atoms with van der Waals surface area (Å²) in [5.74, 6) is 0.665. The van der Waals surface area contributed by atoms with E-state index in [-0.39, 0.29) is 0 Å². The fraction of sp³-hybridized carbons (Fsp3) is 0.600. The minimum atomic E-state index is 0.665. The summed E-state index contributed by atoms with van der Waals surface area (Å²) in [4.78, 5) is 0. The predicted octanol–water partition coefficient (Wildman–Crippen LogP) is 2.74. The molecule has 0 aromatic carbocycles. The molecule has 0 aliphatic heterocycles. The van der Waals surface area contributed by atoms with Crippen LogP contribution in [0.25, 0.3) is 0 Å². The zero-order chi connectivity index (χ0) is 15.4. The number of hydrogen-bond donors (Lipinski definition) is 1. The summed E-state index contributed by atoms with van der Waals surface area (Å²) in [6.07, 6.45) is 4.95. The first-order valence-electron chi connectivity index (χ1n) is 7.43. The molecule has 1 N–H and O–H groups in total. The van der Waals surface area contributed by atoms with Gasteiger partial charge in [-0.1, -0.05) is 20.8 Å². The Labute approximate surface area is 134 Å². The number of rotatable bonds is 7. The van der Waals surface area contributed by atoms with E-state index in [4.69, 9.17) is 0 Å². The molecule has 0 bridgehead atoms. The first-order valence-corrected chi connectivity index (χ1v) is 8.22. The maximum atomic E-state index is 4.52. The molecule has 2 aromatic rings. The predicted molar refractivity (Wildman–Crippen MR) is 88.2 cm³/mol. The first kappa shape index (κ1) is 16.2. The Bertz CT molecular complexity index is 585. The molecule has 2 rings (SSSR count). The molecule has 6 heteroatoms. The molecule has 5 nitrogen and oxygen atoms in total. The van der Waals surface area contributed by atoms with E-state index < -0.39 is 0 Å². The lowest BCUT2D eigenvalue weighted by Crippen LogP contribution is -2.18. The molecular weight excluding hydrogens is 330 g/mol. The molecule has 0 saturated heterocycles. The number of aromatic nitrogens is 4. The average Bonchev–Trinajstić information content (AvgIpc) is 2.98. The van der Waals surface area contributed by atoms with E-state index in [0.29, 0.717) is 5.92 Å². The second-order valence-electron chi connectivity index (χ2n) is 5.76. The highest BCUT2D eigenvalue weighted by molar-refractivity contribution is 9.10. The molecule has 0 unspecified atom stereocenters. The molecular formula is C15H24BrN5. The van der Waals surface area contributed by atoms with Crippen molar-refractivity contribution in [2.75, 3.05) is 6.54 Å². The normalized spacial score (nSPS) is 11.5. The van der Waals surface area contributed by atoms with Crippen LogP contribution in [0, 0.1) is 5.92 Å². The second-order valence-corrected chi connectivity index (χ2v) is 6.55. The van der Waals surface area contributed by atoms with Gasteiger partial charge in [-0.3, -0.25) is 9.36 Å². The van der Waals surface area contributed by atoms with Gasteiger partial charge in [-0.25, -0.2) is 0 Å². The third kappa shape index (κ3) is 4.17. The molecule has 0 spiro atoms. The molecule has 0 saturated carbocycles. The van der Waals surface area contributed by atoms with E-state index in [0.717, 1.165) is 41.9 Å².